The van der Waals surface area contributed by atoms with E-state index in [-0.39, 0.29) is 24.6 Å². The molecule has 4 rings (SSSR count). The highest BCUT2D eigenvalue weighted by molar-refractivity contribution is 6.04. The summed E-state index contributed by atoms with van der Waals surface area (Å²) in [5, 5.41) is 0.374. The molecule has 7 heteroatoms. The number of benzene rings is 2. The van der Waals surface area contributed by atoms with E-state index < -0.39 is 11.8 Å². The van der Waals surface area contributed by atoms with Crippen molar-refractivity contribution in [3.8, 4) is 11.6 Å². The van der Waals surface area contributed by atoms with Crippen molar-refractivity contribution in [1.29, 1.82) is 0 Å². The molecule has 4 aromatic rings. The van der Waals surface area contributed by atoms with E-state index >= 15 is 0 Å². The van der Waals surface area contributed by atoms with Crippen molar-refractivity contribution in [2.75, 3.05) is 0 Å². The van der Waals surface area contributed by atoms with Crippen LogP contribution in [0.25, 0.3) is 22.5 Å². The molecule has 2 heterocycles. The molecule has 0 atom stereocenters. The Morgan fingerprint density at radius 2 is 2.04 bits per heavy atom. The molecule has 6 nitrogen and oxygen atoms in total. The van der Waals surface area contributed by atoms with Crippen molar-refractivity contribution in [1.82, 2.24) is 9.55 Å². The van der Waals surface area contributed by atoms with Crippen LogP contribution < -0.4 is 0 Å². The molecular formula is C21H15FN2O4. The molecule has 0 spiro atoms. The van der Waals surface area contributed by atoms with Crippen molar-refractivity contribution in [2.24, 2.45) is 0 Å². The molecular weight excluding hydrogens is 363 g/mol. The van der Waals surface area contributed by atoms with Crippen LogP contribution in [0.15, 0.2) is 65.4 Å². The van der Waals surface area contributed by atoms with E-state index in [1.807, 2.05) is 30.3 Å². The van der Waals surface area contributed by atoms with Crippen molar-refractivity contribution in [3.63, 3.8) is 0 Å². The first-order valence-electron chi connectivity index (χ1n) is 8.53. The molecule has 0 saturated carbocycles. The van der Waals surface area contributed by atoms with Gasteiger partial charge in [0.1, 0.15) is 30.9 Å². The Bertz CT molecular complexity index is 1130. The lowest BCUT2D eigenvalue weighted by atomic mass is 10.1. The van der Waals surface area contributed by atoms with Crippen LogP contribution in [0.4, 0.5) is 4.39 Å². The fourth-order valence-electron chi connectivity index (χ4n) is 3.12. The van der Waals surface area contributed by atoms with E-state index in [0.717, 1.165) is 5.56 Å². The van der Waals surface area contributed by atoms with Crippen molar-refractivity contribution in [2.45, 2.75) is 13.2 Å². The van der Waals surface area contributed by atoms with Crippen LogP contribution in [0.3, 0.4) is 0 Å². The van der Waals surface area contributed by atoms with E-state index in [1.54, 1.807) is 4.57 Å². The van der Waals surface area contributed by atoms with Crippen LogP contribution >= 0.6 is 0 Å². The van der Waals surface area contributed by atoms with Gasteiger partial charge in [-0.1, -0.05) is 30.3 Å². The number of carbonyl (C=O) groups excluding carboxylic acids is 2. The number of rotatable bonds is 6. The van der Waals surface area contributed by atoms with Gasteiger partial charge in [-0.15, -0.1) is 0 Å². The van der Waals surface area contributed by atoms with Gasteiger partial charge in [0.25, 0.3) is 0 Å². The fraction of sp³-hybridized carbons (Fsp3) is 0.0952. The maximum atomic E-state index is 13.8. The molecule has 0 bridgehead atoms. The van der Waals surface area contributed by atoms with Crippen LogP contribution in [0.5, 0.6) is 0 Å². The second kappa shape index (κ2) is 7.48. The second-order valence-electron chi connectivity index (χ2n) is 6.11. The highest BCUT2D eigenvalue weighted by atomic mass is 19.1. The number of nitrogens with zero attached hydrogens (tertiary/aromatic N) is 2. The van der Waals surface area contributed by atoms with Gasteiger partial charge in [-0.05, 0) is 23.8 Å². The maximum Gasteiger partial charge on any atom is 0.326 e. The first-order valence-corrected chi connectivity index (χ1v) is 8.53. The second-order valence-corrected chi connectivity index (χ2v) is 6.11. The molecule has 2 aromatic heterocycles. The summed E-state index contributed by atoms with van der Waals surface area (Å²) in [4.78, 5) is 28.3. The number of aldehydes is 1. The zero-order chi connectivity index (χ0) is 19.5. The van der Waals surface area contributed by atoms with Gasteiger partial charge >= 0.3 is 5.97 Å². The minimum Gasteiger partial charge on any atom is -0.459 e. The summed E-state index contributed by atoms with van der Waals surface area (Å²) in [6, 6.07) is 13.3. The van der Waals surface area contributed by atoms with Crippen molar-refractivity contribution in [3.05, 3.63) is 77.9 Å². The van der Waals surface area contributed by atoms with Crippen LogP contribution in [0.2, 0.25) is 0 Å². The van der Waals surface area contributed by atoms with Gasteiger partial charge in [0, 0.05) is 5.39 Å². The molecule has 0 aliphatic heterocycles. The first-order chi connectivity index (χ1) is 13.7. The molecule has 28 heavy (non-hydrogen) atoms. The number of hydrogen-bond donors (Lipinski definition) is 0. The van der Waals surface area contributed by atoms with E-state index in [0.29, 0.717) is 22.9 Å². The van der Waals surface area contributed by atoms with Crippen LogP contribution in [-0.2, 0) is 22.7 Å². The highest BCUT2D eigenvalue weighted by Gasteiger charge is 2.23. The summed E-state index contributed by atoms with van der Waals surface area (Å²) in [6.07, 6.45) is 3.40. The third-order valence-electron chi connectivity index (χ3n) is 4.35. The lowest BCUT2D eigenvalue weighted by Crippen LogP contribution is -2.14. The Hall–Kier alpha value is -3.74. The number of hydrogen-bond acceptors (Lipinski definition) is 5. The topological polar surface area (TPSA) is 74.3 Å². The van der Waals surface area contributed by atoms with Crippen LogP contribution in [0, 0.1) is 5.82 Å². The van der Waals surface area contributed by atoms with Gasteiger partial charge in [0.2, 0.25) is 5.89 Å². The number of oxazole rings is 1. The average Bonchev–Trinajstić information content (AvgIpc) is 3.33. The zero-order valence-electron chi connectivity index (χ0n) is 14.7. The highest BCUT2D eigenvalue weighted by Crippen LogP contribution is 2.32. The fourth-order valence-corrected chi connectivity index (χ4v) is 3.12. The summed E-state index contributed by atoms with van der Waals surface area (Å²) in [7, 11) is 0. The summed E-state index contributed by atoms with van der Waals surface area (Å²) >= 11 is 0. The maximum absolute atomic E-state index is 13.8. The van der Waals surface area contributed by atoms with Gasteiger partial charge in [-0.3, -0.25) is 9.59 Å². The molecule has 0 aliphatic rings. The smallest absolute Gasteiger partial charge is 0.326 e. The Labute approximate surface area is 159 Å². The van der Waals surface area contributed by atoms with E-state index in [4.69, 9.17) is 9.15 Å². The van der Waals surface area contributed by atoms with Gasteiger partial charge in [0.05, 0.1) is 17.3 Å². The predicted octanol–water partition coefficient (Wildman–Crippen LogP) is 3.99. The number of aromatic nitrogens is 2. The molecule has 140 valence electrons. The summed E-state index contributed by atoms with van der Waals surface area (Å²) < 4.78 is 26.0. The normalized spacial score (nSPS) is 10.9. The Kier molecular flexibility index (Phi) is 4.72. The minimum absolute atomic E-state index is 0.127. The Morgan fingerprint density at radius 1 is 1.21 bits per heavy atom. The molecule has 0 fully saturated rings. The third-order valence-corrected chi connectivity index (χ3v) is 4.35. The number of ether oxygens (including phenoxy) is 1. The number of carbonyl (C=O) groups is 2. The number of fused-ring (bicyclic) bond motifs is 1. The van der Waals surface area contributed by atoms with Gasteiger partial charge < -0.3 is 13.7 Å². The van der Waals surface area contributed by atoms with Crippen LogP contribution in [0.1, 0.15) is 15.9 Å². The van der Waals surface area contributed by atoms with Crippen LogP contribution in [-0.4, -0.2) is 21.8 Å². The van der Waals surface area contributed by atoms with E-state index in [2.05, 4.69) is 4.98 Å². The molecule has 0 amide bonds. The Balaban J connectivity index is 1.72. The number of esters is 1. The number of halogens is 1. The summed E-state index contributed by atoms with van der Waals surface area (Å²) in [5.41, 5.74) is 1.87. The van der Waals surface area contributed by atoms with Gasteiger partial charge in [-0.2, -0.15) is 0 Å². The molecule has 0 radical (unpaired) electrons. The molecule has 0 unspecified atom stereocenters. The van der Waals surface area contributed by atoms with Crippen molar-refractivity contribution >= 4 is 23.2 Å². The van der Waals surface area contributed by atoms with Gasteiger partial charge in [0.15, 0.2) is 6.29 Å². The minimum atomic E-state index is -0.504. The summed E-state index contributed by atoms with van der Waals surface area (Å²) in [5.74, 6) is -0.830. The third kappa shape index (κ3) is 3.29. The molecule has 0 N–H and O–H groups in total. The van der Waals surface area contributed by atoms with Crippen molar-refractivity contribution < 1.29 is 23.1 Å². The molecule has 0 aliphatic carbocycles. The quantitative estimate of drug-likeness (QED) is 0.375. The lowest BCUT2D eigenvalue weighted by molar-refractivity contribution is -0.145. The molecule has 0 saturated heterocycles. The SMILES string of the molecule is O=Cc1c(-c2ncco2)n(CC(=O)OCc2ccccc2)c2ccc(F)cc12. The van der Waals surface area contributed by atoms with E-state index in [9.17, 15) is 14.0 Å². The molecule has 2 aromatic carbocycles. The van der Waals surface area contributed by atoms with E-state index in [1.165, 1.54) is 30.7 Å². The lowest BCUT2D eigenvalue weighted by Gasteiger charge is -2.10. The first kappa shape index (κ1) is 17.7. The largest absolute Gasteiger partial charge is 0.459 e. The zero-order valence-corrected chi connectivity index (χ0v) is 14.7. The standard InChI is InChI=1S/C21H15FN2O4/c22-15-6-7-18-16(10-15)17(12-25)20(21-23-8-9-27-21)24(18)11-19(26)28-13-14-4-2-1-3-5-14/h1-10,12H,11,13H2. The van der Waals surface area contributed by atoms with Gasteiger partial charge in [-0.25, -0.2) is 9.37 Å². The summed E-state index contributed by atoms with van der Waals surface area (Å²) in [6.45, 7) is -0.0527. The predicted molar refractivity (Wildman–Crippen MR) is 99.0 cm³/mol. The Morgan fingerprint density at radius 3 is 2.75 bits per heavy atom. The monoisotopic (exact) mass is 378 g/mol. The average molecular weight is 378 g/mol.